The molecule has 168 valence electrons. The number of aromatic nitrogens is 2. The van der Waals surface area contributed by atoms with Gasteiger partial charge in [-0.25, -0.2) is 4.98 Å². The quantitative estimate of drug-likeness (QED) is 0.439. The van der Waals surface area contributed by atoms with Crippen molar-refractivity contribution in [1.29, 1.82) is 0 Å². The van der Waals surface area contributed by atoms with Gasteiger partial charge in [0.05, 0.1) is 5.52 Å². The largest absolute Gasteiger partial charge is 0.504 e. The maximum absolute atomic E-state index is 12.3. The third kappa shape index (κ3) is 4.85. The number of hydrogen-bond donors (Lipinski definition) is 4. The van der Waals surface area contributed by atoms with Crippen LogP contribution in [-0.2, 0) is 0 Å². The Morgan fingerprint density at radius 3 is 2.50 bits per heavy atom. The van der Waals surface area contributed by atoms with Gasteiger partial charge in [0.15, 0.2) is 11.5 Å². The first-order valence-corrected chi connectivity index (χ1v) is 10.9. The predicted molar refractivity (Wildman–Crippen MR) is 125 cm³/mol. The van der Waals surface area contributed by atoms with Crippen molar-refractivity contribution in [1.82, 2.24) is 15.3 Å². The van der Waals surface area contributed by atoms with Crippen LogP contribution in [0.15, 0.2) is 42.5 Å². The number of nitrogens with zero attached hydrogens (tertiary/aromatic N) is 3. The van der Waals surface area contributed by atoms with Crippen LogP contribution in [0.4, 0.5) is 11.8 Å². The minimum Gasteiger partial charge on any atom is -0.504 e. The second-order valence-electron chi connectivity index (χ2n) is 8.56. The van der Waals surface area contributed by atoms with E-state index in [2.05, 4.69) is 10.6 Å². The van der Waals surface area contributed by atoms with Crippen molar-refractivity contribution in [3.05, 3.63) is 48.0 Å². The number of phenolic OH excluding ortho intramolecular Hbond substituents is 2. The summed E-state index contributed by atoms with van der Waals surface area (Å²) in [5, 5.41) is 26.4. The monoisotopic (exact) mass is 435 g/mol. The van der Waals surface area contributed by atoms with E-state index in [9.17, 15) is 15.0 Å². The number of carbonyl (C=O) groups is 1. The number of carbonyl (C=O) groups excluding carboxylic acids is 1. The van der Waals surface area contributed by atoms with Crippen LogP contribution in [0, 0.1) is 5.92 Å². The lowest BCUT2D eigenvalue weighted by atomic mass is 9.86. The van der Waals surface area contributed by atoms with Crippen LogP contribution in [-0.4, -0.2) is 52.8 Å². The average Bonchev–Trinajstić information content (AvgIpc) is 2.79. The predicted octanol–water partition coefficient (Wildman–Crippen LogP) is 3.51. The molecule has 0 saturated heterocycles. The van der Waals surface area contributed by atoms with Crippen LogP contribution in [0.25, 0.3) is 10.9 Å². The van der Waals surface area contributed by atoms with Gasteiger partial charge in [-0.1, -0.05) is 12.1 Å². The van der Waals surface area contributed by atoms with E-state index in [1.807, 2.05) is 43.3 Å². The van der Waals surface area contributed by atoms with E-state index in [0.717, 1.165) is 42.4 Å². The second-order valence-corrected chi connectivity index (χ2v) is 8.56. The Bertz CT molecular complexity index is 1110. The molecule has 1 fully saturated rings. The van der Waals surface area contributed by atoms with Crippen LogP contribution < -0.4 is 15.5 Å². The van der Waals surface area contributed by atoms with Gasteiger partial charge in [0.2, 0.25) is 5.95 Å². The Morgan fingerprint density at radius 2 is 1.78 bits per heavy atom. The van der Waals surface area contributed by atoms with E-state index >= 15 is 0 Å². The van der Waals surface area contributed by atoms with Crippen molar-refractivity contribution >= 4 is 28.6 Å². The third-order valence-electron chi connectivity index (χ3n) is 5.98. The number of para-hydroxylation sites is 1. The number of nitrogens with one attached hydrogen (secondary N) is 2. The minimum atomic E-state index is -0.294. The zero-order chi connectivity index (χ0) is 22.7. The van der Waals surface area contributed by atoms with Crippen LogP contribution in [0.3, 0.4) is 0 Å². The molecule has 1 heterocycles. The lowest BCUT2D eigenvalue weighted by Gasteiger charge is -2.29. The summed E-state index contributed by atoms with van der Waals surface area (Å²) in [7, 11) is 3.97. The molecular weight excluding hydrogens is 406 g/mol. The number of hydrogen-bond acceptors (Lipinski definition) is 7. The fourth-order valence-electron chi connectivity index (χ4n) is 4.16. The fraction of sp³-hybridized carbons (Fsp3) is 0.375. The lowest BCUT2D eigenvalue weighted by molar-refractivity contribution is 0.0943. The van der Waals surface area contributed by atoms with Crippen molar-refractivity contribution < 1.29 is 15.0 Å². The van der Waals surface area contributed by atoms with Gasteiger partial charge in [-0.2, -0.15) is 4.98 Å². The Hall–Kier alpha value is -3.55. The summed E-state index contributed by atoms with van der Waals surface area (Å²) < 4.78 is 0. The van der Waals surface area contributed by atoms with E-state index in [4.69, 9.17) is 9.97 Å². The zero-order valence-electron chi connectivity index (χ0n) is 18.4. The molecule has 0 unspecified atom stereocenters. The van der Waals surface area contributed by atoms with Gasteiger partial charge in [0.1, 0.15) is 5.82 Å². The molecule has 1 aliphatic rings. The molecule has 0 atom stereocenters. The SMILES string of the molecule is CN(C)c1nc(N[C@H]2CC[C@@H](CNC(=O)c3ccc(O)c(O)c3)CC2)nc2ccccc12. The smallest absolute Gasteiger partial charge is 0.251 e. The number of rotatable bonds is 6. The second kappa shape index (κ2) is 9.30. The van der Waals surface area contributed by atoms with Gasteiger partial charge in [0, 0.05) is 37.6 Å². The number of aromatic hydroxyl groups is 2. The number of amides is 1. The first-order chi connectivity index (χ1) is 15.4. The molecule has 0 spiro atoms. The Balaban J connectivity index is 1.31. The molecule has 8 heteroatoms. The molecular formula is C24H29N5O3. The molecule has 8 nitrogen and oxygen atoms in total. The first-order valence-electron chi connectivity index (χ1n) is 10.9. The van der Waals surface area contributed by atoms with Crippen LogP contribution in [0.1, 0.15) is 36.0 Å². The van der Waals surface area contributed by atoms with Crippen molar-refractivity contribution in [3.63, 3.8) is 0 Å². The maximum atomic E-state index is 12.3. The molecule has 2 aromatic carbocycles. The normalized spacial score (nSPS) is 18.3. The summed E-state index contributed by atoms with van der Waals surface area (Å²) in [6.45, 7) is 0.588. The minimum absolute atomic E-state index is 0.236. The third-order valence-corrected chi connectivity index (χ3v) is 5.98. The van der Waals surface area contributed by atoms with Gasteiger partial charge in [-0.3, -0.25) is 4.79 Å². The van der Waals surface area contributed by atoms with Gasteiger partial charge in [-0.15, -0.1) is 0 Å². The van der Waals surface area contributed by atoms with Gasteiger partial charge in [-0.05, 0) is 61.9 Å². The van der Waals surface area contributed by atoms with Crippen LogP contribution >= 0.6 is 0 Å². The number of fused-ring (bicyclic) bond motifs is 1. The van der Waals surface area contributed by atoms with E-state index in [0.29, 0.717) is 30.0 Å². The van der Waals surface area contributed by atoms with Gasteiger partial charge >= 0.3 is 0 Å². The standard InChI is InChI=1S/C24H29N5O3/c1-29(2)22-18-5-3-4-6-19(18)27-24(28-22)26-17-10-7-15(8-11-17)14-25-23(32)16-9-12-20(30)21(31)13-16/h3-6,9,12-13,15,17,30-31H,7-8,10-11,14H2,1-2H3,(H,25,32)(H,26,27,28)/t15-,17+. The maximum Gasteiger partial charge on any atom is 0.251 e. The van der Waals surface area contributed by atoms with Crippen molar-refractivity contribution in [2.45, 2.75) is 31.7 Å². The zero-order valence-corrected chi connectivity index (χ0v) is 18.4. The summed E-state index contributed by atoms with van der Waals surface area (Å²) in [6.07, 6.45) is 3.95. The molecule has 3 aromatic rings. The van der Waals surface area contributed by atoms with Gasteiger partial charge in [0.25, 0.3) is 5.91 Å². The fourth-order valence-corrected chi connectivity index (χ4v) is 4.16. The molecule has 4 rings (SSSR count). The highest BCUT2D eigenvalue weighted by atomic mass is 16.3. The molecule has 1 amide bonds. The number of anilines is 2. The number of benzene rings is 2. The van der Waals surface area contributed by atoms with E-state index in [1.54, 1.807) is 0 Å². The number of phenols is 2. The molecule has 0 radical (unpaired) electrons. The summed E-state index contributed by atoms with van der Waals surface area (Å²) in [5.74, 6) is 1.17. The summed E-state index contributed by atoms with van der Waals surface area (Å²) >= 11 is 0. The van der Waals surface area contributed by atoms with Crippen LogP contribution in [0.2, 0.25) is 0 Å². The lowest BCUT2D eigenvalue weighted by Crippen LogP contribution is -2.34. The van der Waals surface area contributed by atoms with Gasteiger partial charge < -0.3 is 25.7 Å². The average molecular weight is 436 g/mol. The molecule has 32 heavy (non-hydrogen) atoms. The van der Waals surface area contributed by atoms with Crippen molar-refractivity contribution in [3.8, 4) is 11.5 Å². The van der Waals surface area contributed by atoms with E-state index < -0.39 is 0 Å². The van der Waals surface area contributed by atoms with Crippen molar-refractivity contribution in [2.24, 2.45) is 5.92 Å². The highest BCUT2D eigenvalue weighted by molar-refractivity contribution is 5.94. The Morgan fingerprint density at radius 1 is 1.03 bits per heavy atom. The molecule has 4 N–H and O–H groups in total. The summed E-state index contributed by atoms with van der Waals surface area (Å²) in [6, 6.07) is 12.4. The molecule has 0 bridgehead atoms. The topological polar surface area (TPSA) is 111 Å². The Labute approximate surface area is 187 Å². The van der Waals surface area contributed by atoms with Crippen LogP contribution in [0.5, 0.6) is 11.5 Å². The van der Waals surface area contributed by atoms with E-state index in [-0.39, 0.29) is 17.4 Å². The molecule has 0 aliphatic heterocycles. The highest BCUT2D eigenvalue weighted by Gasteiger charge is 2.23. The van der Waals surface area contributed by atoms with E-state index in [1.165, 1.54) is 18.2 Å². The first kappa shape index (κ1) is 21.7. The summed E-state index contributed by atoms with van der Waals surface area (Å²) in [5.41, 5.74) is 1.26. The molecule has 1 aromatic heterocycles. The highest BCUT2D eigenvalue weighted by Crippen LogP contribution is 2.29. The van der Waals surface area contributed by atoms with Crippen molar-refractivity contribution in [2.75, 3.05) is 30.9 Å². The molecule has 1 saturated carbocycles. The molecule has 1 aliphatic carbocycles. The Kier molecular flexibility index (Phi) is 6.30. The summed E-state index contributed by atoms with van der Waals surface area (Å²) in [4.78, 5) is 23.7.